The number of nitrogens with one attached hydrogen (secondary N) is 1. The molecule has 0 aliphatic carbocycles. The number of amides is 1. The molecule has 0 heterocycles. The molecule has 2 rings (SSSR count). The number of hydrogen-bond acceptors (Lipinski definition) is 3. The van der Waals surface area contributed by atoms with E-state index in [0.717, 1.165) is 28.6 Å². The topological polar surface area (TPSA) is 66.5 Å². The summed E-state index contributed by atoms with van der Waals surface area (Å²) < 4.78 is 51.3. The molecule has 0 aliphatic heterocycles. The van der Waals surface area contributed by atoms with Gasteiger partial charge in [-0.25, -0.2) is 17.2 Å². The SMILES string of the molecule is CN(CC(=O)NCc1cccc(F)c1)S(=O)(=O)c1ccc(F)cc1. The van der Waals surface area contributed by atoms with Gasteiger partial charge in [-0.1, -0.05) is 12.1 Å². The van der Waals surface area contributed by atoms with Crippen LogP contribution in [0.3, 0.4) is 0 Å². The molecule has 1 N–H and O–H groups in total. The van der Waals surface area contributed by atoms with Crippen LogP contribution < -0.4 is 5.32 Å². The molecule has 2 aromatic carbocycles. The van der Waals surface area contributed by atoms with Gasteiger partial charge < -0.3 is 5.32 Å². The van der Waals surface area contributed by atoms with Crippen molar-refractivity contribution >= 4 is 15.9 Å². The number of halogens is 2. The Morgan fingerprint density at radius 2 is 1.75 bits per heavy atom. The summed E-state index contributed by atoms with van der Waals surface area (Å²) in [4.78, 5) is 11.8. The number of nitrogens with zero attached hydrogens (tertiary/aromatic N) is 1. The molecule has 0 atom stereocenters. The maximum absolute atomic E-state index is 13.0. The standard InChI is InChI=1S/C16H16F2N2O3S/c1-20(24(22,23)15-7-5-13(17)6-8-15)11-16(21)19-10-12-3-2-4-14(18)9-12/h2-9H,10-11H2,1H3,(H,19,21). The molecule has 0 spiro atoms. The highest BCUT2D eigenvalue weighted by atomic mass is 32.2. The van der Waals surface area contributed by atoms with E-state index in [1.807, 2.05) is 0 Å². The van der Waals surface area contributed by atoms with Crippen LogP contribution in [0.5, 0.6) is 0 Å². The van der Waals surface area contributed by atoms with Crippen LogP contribution in [0.4, 0.5) is 8.78 Å². The zero-order valence-electron chi connectivity index (χ0n) is 12.9. The van der Waals surface area contributed by atoms with Crippen LogP contribution in [0, 0.1) is 11.6 Å². The summed E-state index contributed by atoms with van der Waals surface area (Å²) >= 11 is 0. The van der Waals surface area contributed by atoms with Gasteiger partial charge in [0.05, 0.1) is 11.4 Å². The summed E-state index contributed by atoms with van der Waals surface area (Å²) in [5, 5.41) is 2.52. The molecule has 0 fully saturated rings. The summed E-state index contributed by atoms with van der Waals surface area (Å²) in [5.41, 5.74) is 0.562. The molecule has 0 saturated heterocycles. The predicted octanol–water partition coefficient (Wildman–Crippen LogP) is 1.90. The Morgan fingerprint density at radius 1 is 1.08 bits per heavy atom. The van der Waals surface area contributed by atoms with Crippen molar-refractivity contribution in [1.29, 1.82) is 0 Å². The molecule has 0 aliphatic rings. The Kier molecular flexibility index (Phi) is 5.63. The summed E-state index contributed by atoms with van der Waals surface area (Å²) in [6, 6.07) is 10.0. The Balaban J connectivity index is 1.96. The van der Waals surface area contributed by atoms with E-state index >= 15 is 0 Å². The van der Waals surface area contributed by atoms with Gasteiger partial charge in [0.2, 0.25) is 15.9 Å². The van der Waals surface area contributed by atoms with E-state index in [2.05, 4.69) is 5.32 Å². The van der Waals surface area contributed by atoms with Crippen molar-refractivity contribution in [2.75, 3.05) is 13.6 Å². The number of carbonyl (C=O) groups excluding carboxylic acids is 1. The fourth-order valence-corrected chi connectivity index (χ4v) is 3.10. The second-order valence-electron chi connectivity index (χ2n) is 5.12. The predicted molar refractivity (Wildman–Crippen MR) is 84.5 cm³/mol. The number of benzene rings is 2. The molecule has 0 aromatic heterocycles. The molecule has 0 bridgehead atoms. The Labute approximate surface area is 139 Å². The third-order valence-electron chi connectivity index (χ3n) is 3.27. The van der Waals surface area contributed by atoms with Crippen LogP contribution in [0.25, 0.3) is 0 Å². The molecule has 24 heavy (non-hydrogen) atoms. The Morgan fingerprint density at radius 3 is 2.38 bits per heavy atom. The van der Waals surface area contributed by atoms with Gasteiger partial charge in [-0.05, 0) is 42.0 Å². The van der Waals surface area contributed by atoms with E-state index < -0.39 is 34.1 Å². The average Bonchev–Trinajstić information content (AvgIpc) is 2.53. The maximum atomic E-state index is 13.0. The lowest BCUT2D eigenvalue weighted by Gasteiger charge is -2.17. The molecule has 1 amide bonds. The lowest BCUT2D eigenvalue weighted by Crippen LogP contribution is -2.38. The third kappa shape index (κ3) is 4.59. The van der Waals surface area contributed by atoms with Gasteiger partial charge in [-0.15, -0.1) is 0 Å². The minimum Gasteiger partial charge on any atom is -0.351 e. The normalized spacial score (nSPS) is 11.5. The van der Waals surface area contributed by atoms with Crippen LogP contribution in [-0.4, -0.2) is 32.2 Å². The number of rotatable bonds is 6. The van der Waals surface area contributed by atoms with E-state index in [1.165, 1.54) is 25.2 Å². The minimum atomic E-state index is -3.89. The first-order chi connectivity index (χ1) is 11.3. The fraction of sp³-hybridized carbons (Fsp3) is 0.188. The van der Waals surface area contributed by atoms with E-state index in [9.17, 15) is 22.0 Å². The first kappa shape index (κ1) is 18.0. The lowest BCUT2D eigenvalue weighted by molar-refractivity contribution is -0.121. The highest BCUT2D eigenvalue weighted by molar-refractivity contribution is 7.89. The smallest absolute Gasteiger partial charge is 0.243 e. The molecular weight excluding hydrogens is 338 g/mol. The summed E-state index contributed by atoms with van der Waals surface area (Å²) in [6.45, 7) is -0.323. The van der Waals surface area contributed by atoms with E-state index in [-0.39, 0.29) is 11.4 Å². The largest absolute Gasteiger partial charge is 0.351 e. The average molecular weight is 354 g/mol. The number of likely N-dealkylation sites (N-methyl/N-ethyl adjacent to an activating group) is 1. The Hall–Kier alpha value is -2.32. The second kappa shape index (κ2) is 7.50. The monoisotopic (exact) mass is 354 g/mol. The van der Waals surface area contributed by atoms with Crippen molar-refractivity contribution in [3.8, 4) is 0 Å². The van der Waals surface area contributed by atoms with Crippen LogP contribution in [0.15, 0.2) is 53.4 Å². The van der Waals surface area contributed by atoms with Crippen LogP contribution in [-0.2, 0) is 21.4 Å². The fourth-order valence-electron chi connectivity index (χ4n) is 1.98. The van der Waals surface area contributed by atoms with Crippen LogP contribution in [0.1, 0.15) is 5.56 Å². The van der Waals surface area contributed by atoms with Gasteiger partial charge in [0, 0.05) is 13.6 Å². The van der Waals surface area contributed by atoms with Crippen molar-refractivity contribution in [2.24, 2.45) is 0 Å². The molecule has 128 valence electrons. The molecule has 5 nitrogen and oxygen atoms in total. The van der Waals surface area contributed by atoms with Crippen molar-refractivity contribution in [1.82, 2.24) is 9.62 Å². The summed E-state index contributed by atoms with van der Waals surface area (Å²) in [7, 11) is -2.64. The second-order valence-corrected chi connectivity index (χ2v) is 7.17. The van der Waals surface area contributed by atoms with Crippen LogP contribution in [0.2, 0.25) is 0 Å². The van der Waals surface area contributed by atoms with Crippen molar-refractivity contribution in [3.63, 3.8) is 0 Å². The van der Waals surface area contributed by atoms with Gasteiger partial charge in [0.25, 0.3) is 0 Å². The molecule has 8 heteroatoms. The molecular formula is C16H16F2N2O3S. The summed E-state index contributed by atoms with van der Waals surface area (Å²) in [5.74, 6) is -1.50. The minimum absolute atomic E-state index is 0.0844. The summed E-state index contributed by atoms with van der Waals surface area (Å²) in [6.07, 6.45) is 0. The molecule has 0 saturated carbocycles. The zero-order valence-corrected chi connectivity index (χ0v) is 13.7. The molecule has 0 radical (unpaired) electrons. The van der Waals surface area contributed by atoms with Crippen molar-refractivity contribution in [3.05, 3.63) is 65.7 Å². The zero-order chi connectivity index (χ0) is 17.7. The van der Waals surface area contributed by atoms with Gasteiger partial charge in [0.1, 0.15) is 11.6 Å². The van der Waals surface area contributed by atoms with Gasteiger partial charge in [0.15, 0.2) is 0 Å². The quantitative estimate of drug-likeness (QED) is 0.862. The maximum Gasteiger partial charge on any atom is 0.243 e. The number of hydrogen-bond donors (Lipinski definition) is 1. The first-order valence-electron chi connectivity index (χ1n) is 7.02. The van der Waals surface area contributed by atoms with E-state index in [0.29, 0.717) is 5.56 Å². The molecule has 2 aromatic rings. The van der Waals surface area contributed by atoms with Gasteiger partial charge in [-0.3, -0.25) is 4.79 Å². The highest BCUT2D eigenvalue weighted by Gasteiger charge is 2.22. The van der Waals surface area contributed by atoms with Crippen molar-refractivity contribution in [2.45, 2.75) is 11.4 Å². The third-order valence-corrected chi connectivity index (χ3v) is 5.08. The lowest BCUT2D eigenvalue weighted by atomic mass is 10.2. The van der Waals surface area contributed by atoms with Gasteiger partial charge in [-0.2, -0.15) is 4.31 Å². The number of carbonyl (C=O) groups is 1. The molecule has 0 unspecified atom stereocenters. The van der Waals surface area contributed by atoms with E-state index in [1.54, 1.807) is 6.07 Å². The van der Waals surface area contributed by atoms with Gasteiger partial charge >= 0.3 is 0 Å². The Bertz CT molecular complexity index is 823. The number of sulfonamides is 1. The van der Waals surface area contributed by atoms with Crippen LogP contribution >= 0.6 is 0 Å². The van der Waals surface area contributed by atoms with Crippen molar-refractivity contribution < 1.29 is 22.0 Å². The first-order valence-corrected chi connectivity index (χ1v) is 8.46. The van der Waals surface area contributed by atoms with E-state index in [4.69, 9.17) is 0 Å². The highest BCUT2D eigenvalue weighted by Crippen LogP contribution is 2.14.